The second kappa shape index (κ2) is 7.20. The van der Waals surface area contributed by atoms with E-state index in [-0.39, 0.29) is 12.5 Å². The van der Waals surface area contributed by atoms with Gasteiger partial charge in [-0.25, -0.2) is 9.97 Å². The van der Waals surface area contributed by atoms with Gasteiger partial charge in [-0.05, 0) is 30.3 Å². The van der Waals surface area contributed by atoms with Gasteiger partial charge in [-0.3, -0.25) is 4.79 Å². The second-order valence-electron chi connectivity index (χ2n) is 4.11. The molecule has 2 aromatic rings. The van der Waals surface area contributed by atoms with Gasteiger partial charge in [0.15, 0.2) is 0 Å². The summed E-state index contributed by atoms with van der Waals surface area (Å²) in [6.07, 6.45) is 3.23. The van der Waals surface area contributed by atoms with Crippen molar-refractivity contribution in [2.24, 2.45) is 0 Å². The Morgan fingerprint density at radius 3 is 2.60 bits per heavy atom. The summed E-state index contributed by atoms with van der Waals surface area (Å²) in [6, 6.07) is 9.30. The van der Waals surface area contributed by atoms with Crippen LogP contribution in [0.1, 0.15) is 5.69 Å². The molecule has 104 valence electrons. The van der Waals surface area contributed by atoms with Crippen molar-refractivity contribution in [3.63, 3.8) is 0 Å². The highest BCUT2D eigenvalue weighted by molar-refractivity contribution is 5.91. The Labute approximate surface area is 117 Å². The zero-order chi connectivity index (χ0) is 14.2. The van der Waals surface area contributed by atoms with Crippen LogP contribution in [0, 0.1) is 0 Å². The van der Waals surface area contributed by atoms with E-state index in [1.165, 1.54) is 13.4 Å². The van der Waals surface area contributed by atoms with Gasteiger partial charge in [0.1, 0.15) is 12.9 Å². The number of aromatic nitrogens is 2. The van der Waals surface area contributed by atoms with Crippen LogP contribution in [0.5, 0.6) is 0 Å². The van der Waals surface area contributed by atoms with Crippen LogP contribution in [0.15, 0.2) is 42.9 Å². The van der Waals surface area contributed by atoms with Gasteiger partial charge >= 0.3 is 0 Å². The Morgan fingerprint density at radius 1 is 1.20 bits per heavy atom. The standard InChI is InChI=1S/C14H16N4O2/c1-20-9-14(19)18-12-4-2-11(3-5-12)16-8-13-6-7-15-10-17-13/h2-7,10,16H,8-9H2,1H3,(H,18,19). The first-order valence-electron chi connectivity index (χ1n) is 6.15. The largest absolute Gasteiger partial charge is 0.379 e. The summed E-state index contributed by atoms with van der Waals surface area (Å²) in [4.78, 5) is 19.3. The summed E-state index contributed by atoms with van der Waals surface area (Å²) in [5.74, 6) is -0.172. The summed E-state index contributed by atoms with van der Waals surface area (Å²) in [7, 11) is 1.49. The third kappa shape index (κ3) is 4.33. The van der Waals surface area contributed by atoms with Crippen LogP contribution in [-0.4, -0.2) is 29.6 Å². The molecule has 6 nitrogen and oxygen atoms in total. The molecule has 0 atom stereocenters. The lowest BCUT2D eigenvalue weighted by Gasteiger charge is -2.08. The van der Waals surface area contributed by atoms with Gasteiger partial charge in [0.2, 0.25) is 5.91 Å². The average molecular weight is 272 g/mol. The molecule has 0 bridgehead atoms. The van der Waals surface area contributed by atoms with Crippen molar-refractivity contribution in [1.82, 2.24) is 9.97 Å². The fraction of sp³-hybridized carbons (Fsp3) is 0.214. The Hall–Kier alpha value is -2.47. The van der Waals surface area contributed by atoms with Gasteiger partial charge in [-0.1, -0.05) is 0 Å². The molecule has 1 aromatic carbocycles. The number of amides is 1. The van der Waals surface area contributed by atoms with E-state index in [0.717, 1.165) is 17.1 Å². The van der Waals surface area contributed by atoms with Crippen LogP contribution in [0.3, 0.4) is 0 Å². The zero-order valence-corrected chi connectivity index (χ0v) is 11.2. The molecule has 0 aliphatic heterocycles. The smallest absolute Gasteiger partial charge is 0.250 e. The lowest BCUT2D eigenvalue weighted by molar-refractivity contribution is -0.119. The molecule has 2 N–H and O–H groups in total. The molecular formula is C14H16N4O2. The Balaban J connectivity index is 1.87. The number of benzene rings is 1. The van der Waals surface area contributed by atoms with Gasteiger partial charge in [0.05, 0.1) is 12.2 Å². The second-order valence-corrected chi connectivity index (χ2v) is 4.11. The number of carbonyl (C=O) groups is 1. The van der Waals surface area contributed by atoms with Crippen LogP contribution < -0.4 is 10.6 Å². The van der Waals surface area contributed by atoms with Gasteiger partial charge in [0, 0.05) is 24.7 Å². The van der Waals surface area contributed by atoms with Gasteiger partial charge in [-0.15, -0.1) is 0 Å². The summed E-state index contributed by atoms with van der Waals surface area (Å²) < 4.78 is 4.75. The highest BCUT2D eigenvalue weighted by atomic mass is 16.5. The number of hydrogen-bond acceptors (Lipinski definition) is 5. The maximum Gasteiger partial charge on any atom is 0.250 e. The molecule has 0 aliphatic carbocycles. The predicted octanol–water partition coefficient (Wildman–Crippen LogP) is 1.67. The molecule has 1 aromatic heterocycles. The average Bonchev–Trinajstić information content (AvgIpc) is 2.48. The number of anilines is 2. The first-order chi connectivity index (χ1) is 9.78. The van der Waals surface area contributed by atoms with Crippen LogP contribution in [-0.2, 0) is 16.1 Å². The normalized spacial score (nSPS) is 10.1. The number of rotatable bonds is 6. The predicted molar refractivity (Wildman–Crippen MR) is 76.3 cm³/mol. The molecule has 0 fully saturated rings. The molecule has 0 unspecified atom stereocenters. The summed E-state index contributed by atoms with van der Waals surface area (Å²) in [5.41, 5.74) is 2.60. The Morgan fingerprint density at radius 2 is 1.95 bits per heavy atom. The first kappa shape index (κ1) is 14.0. The molecule has 1 heterocycles. The maximum atomic E-state index is 11.3. The third-order valence-electron chi connectivity index (χ3n) is 2.56. The SMILES string of the molecule is COCC(=O)Nc1ccc(NCc2ccncn2)cc1. The maximum absolute atomic E-state index is 11.3. The van der Waals surface area contributed by atoms with E-state index >= 15 is 0 Å². The molecule has 0 saturated carbocycles. The van der Waals surface area contributed by atoms with Crippen LogP contribution in [0.2, 0.25) is 0 Å². The molecule has 0 aliphatic rings. The number of methoxy groups -OCH3 is 1. The summed E-state index contributed by atoms with van der Waals surface area (Å²) in [6.45, 7) is 0.672. The molecule has 20 heavy (non-hydrogen) atoms. The number of nitrogens with zero attached hydrogens (tertiary/aromatic N) is 2. The van der Waals surface area contributed by atoms with Gasteiger partial charge in [-0.2, -0.15) is 0 Å². The van der Waals surface area contributed by atoms with Crippen LogP contribution >= 0.6 is 0 Å². The highest BCUT2D eigenvalue weighted by Crippen LogP contribution is 2.14. The fourth-order valence-corrected chi connectivity index (χ4v) is 1.61. The van der Waals surface area contributed by atoms with Gasteiger partial charge < -0.3 is 15.4 Å². The van der Waals surface area contributed by atoms with Crippen LogP contribution in [0.25, 0.3) is 0 Å². The Bertz CT molecular complexity index is 543. The van der Waals surface area contributed by atoms with E-state index in [0.29, 0.717) is 6.54 Å². The highest BCUT2D eigenvalue weighted by Gasteiger charge is 2.01. The van der Waals surface area contributed by atoms with Crippen molar-refractivity contribution < 1.29 is 9.53 Å². The van der Waals surface area contributed by atoms with Crippen LogP contribution in [0.4, 0.5) is 11.4 Å². The van der Waals surface area contributed by atoms with E-state index < -0.39 is 0 Å². The summed E-state index contributed by atoms with van der Waals surface area (Å²) in [5, 5.41) is 5.97. The number of nitrogens with one attached hydrogen (secondary N) is 2. The Kier molecular flexibility index (Phi) is 5.02. The van der Waals surface area contributed by atoms with Crippen molar-refractivity contribution in [3.8, 4) is 0 Å². The molecule has 2 rings (SSSR count). The van der Waals surface area contributed by atoms with E-state index in [1.807, 2.05) is 30.3 Å². The summed E-state index contributed by atoms with van der Waals surface area (Å²) >= 11 is 0. The quantitative estimate of drug-likeness (QED) is 0.836. The van der Waals surface area contributed by atoms with E-state index in [4.69, 9.17) is 4.74 Å². The van der Waals surface area contributed by atoms with E-state index in [9.17, 15) is 4.79 Å². The molecular weight excluding hydrogens is 256 g/mol. The first-order valence-corrected chi connectivity index (χ1v) is 6.15. The topological polar surface area (TPSA) is 76.1 Å². The van der Waals surface area contributed by atoms with E-state index in [2.05, 4.69) is 20.6 Å². The molecule has 0 spiro atoms. The number of hydrogen-bond donors (Lipinski definition) is 2. The molecule has 6 heteroatoms. The van der Waals surface area contributed by atoms with Crippen molar-refractivity contribution in [3.05, 3.63) is 48.5 Å². The van der Waals surface area contributed by atoms with Crippen molar-refractivity contribution >= 4 is 17.3 Å². The minimum Gasteiger partial charge on any atom is -0.379 e. The van der Waals surface area contributed by atoms with Crippen molar-refractivity contribution in [1.29, 1.82) is 0 Å². The van der Waals surface area contributed by atoms with Gasteiger partial charge in [0.25, 0.3) is 0 Å². The fourth-order valence-electron chi connectivity index (χ4n) is 1.61. The lowest BCUT2D eigenvalue weighted by atomic mass is 10.2. The van der Waals surface area contributed by atoms with Crippen molar-refractivity contribution in [2.75, 3.05) is 24.4 Å². The lowest BCUT2D eigenvalue weighted by Crippen LogP contribution is -2.16. The molecule has 1 amide bonds. The number of carbonyl (C=O) groups excluding carboxylic acids is 1. The number of ether oxygens (including phenoxy) is 1. The molecule has 0 saturated heterocycles. The minimum atomic E-state index is -0.172. The van der Waals surface area contributed by atoms with Crippen molar-refractivity contribution in [2.45, 2.75) is 6.54 Å². The van der Waals surface area contributed by atoms with E-state index in [1.54, 1.807) is 6.20 Å². The minimum absolute atomic E-state index is 0.0493. The zero-order valence-electron chi connectivity index (χ0n) is 11.2. The molecule has 0 radical (unpaired) electrons. The monoisotopic (exact) mass is 272 g/mol. The third-order valence-corrected chi connectivity index (χ3v) is 2.56.